The van der Waals surface area contributed by atoms with Crippen molar-refractivity contribution in [1.29, 1.82) is 0 Å². The molecule has 3 rings (SSSR count). The Morgan fingerprint density at radius 2 is 1.58 bits per heavy atom. The monoisotopic (exact) mass is 350 g/mol. The Balaban J connectivity index is 1.59. The summed E-state index contributed by atoms with van der Waals surface area (Å²) in [5.41, 5.74) is 1.78. The van der Waals surface area contributed by atoms with Crippen molar-refractivity contribution < 1.29 is 8.42 Å². The number of hydrogen-bond acceptors (Lipinski definition) is 4. The van der Waals surface area contributed by atoms with Crippen molar-refractivity contribution in [3.05, 3.63) is 29.8 Å². The molecule has 1 aromatic rings. The van der Waals surface area contributed by atoms with Gasteiger partial charge in [0.25, 0.3) is 0 Å². The zero-order chi connectivity index (χ0) is 17.2. The van der Waals surface area contributed by atoms with Crippen LogP contribution in [0, 0.1) is 5.41 Å². The van der Waals surface area contributed by atoms with Gasteiger partial charge in [-0.3, -0.25) is 4.90 Å². The first kappa shape index (κ1) is 17.9. The second-order valence-corrected chi connectivity index (χ2v) is 9.86. The van der Waals surface area contributed by atoms with Crippen LogP contribution < -0.4 is 0 Å². The summed E-state index contributed by atoms with van der Waals surface area (Å²) in [7, 11) is -0.867. The van der Waals surface area contributed by atoms with Crippen LogP contribution in [-0.4, -0.2) is 57.7 Å². The van der Waals surface area contributed by atoms with Gasteiger partial charge in [0.05, 0.1) is 4.90 Å². The standard InChI is InChI=1S/C19H30N2O2S/c1-20-13-9-19(10-14-20)8-3-12-21(15-11-19)16-17-4-6-18(7-5-17)24(2,22)23/h4-7H,3,8-16H2,1-2H3. The predicted octanol–water partition coefficient (Wildman–Crippen LogP) is 2.79. The summed E-state index contributed by atoms with van der Waals surface area (Å²) < 4.78 is 23.1. The molecule has 0 unspecified atom stereocenters. The first-order valence-electron chi connectivity index (χ1n) is 9.06. The van der Waals surface area contributed by atoms with E-state index < -0.39 is 9.84 Å². The minimum atomic E-state index is -3.10. The molecule has 2 fully saturated rings. The third-order valence-electron chi connectivity index (χ3n) is 5.95. The molecule has 2 aliphatic heterocycles. The third-order valence-corrected chi connectivity index (χ3v) is 7.07. The molecule has 0 N–H and O–H groups in total. The smallest absolute Gasteiger partial charge is 0.175 e. The van der Waals surface area contributed by atoms with Crippen LogP contribution >= 0.6 is 0 Å². The molecule has 24 heavy (non-hydrogen) atoms. The summed E-state index contributed by atoms with van der Waals surface area (Å²) in [5.74, 6) is 0. The van der Waals surface area contributed by atoms with Gasteiger partial charge in [-0.1, -0.05) is 12.1 Å². The van der Waals surface area contributed by atoms with Crippen LogP contribution in [0.25, 0.3) is 0 Å². The maximum Gasteiger partial charge on any atom is 0.175 e. The third kappa shape index (κ3) is 4.38. The SMILES string of the molecule is CN1CCC2(CCCN(Cc3ccc(S(C)(=O)=O)cc3)CC2)CC1. The van der Waals surface area contributed by atoms with E-state index >= 15 is 0 Å². The average molecular weight is 351 g/mol. The Kier molecular flexibility index (Phi) is 5.33. The summed E-state index contributed by atoms with van der Waals surface area (Å²) in [6.45, 7) is 5.74. The Hall–Kier alpha value is -0.910. The fraction of sp³-hybridized carbons (Fsp3) is 0.684. The number of hydrogen-bond donors (Lipinski definition) is 0. The van der Waals surface area contributed by atoms with E-state index in [9.17, 15) is 8.42 Å². The van der Waals surface area contributed by atoms with E-state index in [1.165, 1.54) is 57.0 Å². The first-order valence-corrected chi connectivity index (χ1v) is 11.0. The lowest BCUT2D eigenvalue weighted by Crippen LogP contribution is -2.38. The van der Waals surface area contributed by atoms with Crippen LogP contribution in [-0.2, 0) is 16.4 Å². The molecule has 0 saturated carbocycles. The maximum absolute atomic E-state index is 11.6. The van der Waals surface area contributed by atoms with Gasteiger partial charge in [0.2, 0.25) is 0 Å². The molecule has 5 heteroatoms. The van der Waals surface area contributed by atoms with Crippen molar-refractivity contribution in [1.82, 2.24) is 9.80 Å². The van der Waals surface area contributed by atoms with Crippen LogP contribution in [0.5, 0.6) is 0 Å². The summed E-state index contributed by atoms with van der Waals surface area (Å²) in [6.07, 6.45) is 7.91. The highest BCUT2D eigenvalue weighted by molar-refractivity contribution is 7.90. The van der Waals surface area contributed by atoms with Crippen LogP contribution in [0.2, 0.25) is 0 Å². The summed E-state index contributed by atoms with van der Waals surface area (Å²) in [4.78, 5) is 5.41. The van der Waals surface area contributed by atoms with Crippen molar-refractivity contribution in [3.8, 4) is 0 Å². The maximum atomic E-state index is 11.6. The molecule has 2 heterocycles. The van der Waals surface area contributed by atoms with Gasteiger partial charge in [-0.05, 0) is 88.4 Å². The van der Waals surface area contributed by atoms with E-state index in [0.29, 0.717) is 10.3 Å². The quantitative estimate of drug-likeness (QED) is 0.840. The minimum Gasteiger partial charge on any atom is -0.306 e. The lowest BCUT2D eigenvalue weighted by atomic mass is 9.73. The molecule has 4 nitrogen and oxygen atoms in total. The molecule has 1 spiro atoms. The van der Waals surface area contributed by atoms with Crippen molar-refractivity contribution in [2.75, 3.05) is 39.5 Å². The molecule has 1 aromatic carbocycles. The molecule has 2 saturated heterocycles. The minimum absolute atomic E-state index is 0.410. The van der Waals surface area contributed by atoms with Crippen LogP contribution in [0.4, 0.5) is 0 Å². The van der Waals surface area contributed by atoms with E-state index in [4.69, 9.17) is 0 Å². The number of likely N-dealkylation sites (tertiary alicyclic amines) is 2. The average Bonchev–Trinajstić information content (AvgIpc) is 2.73. The second kappa shape index (κ2) is 7.14. The molecular formula is C19H30N2O2S. The Bertz CT molecular complexity index is 646. The predicted molar refractivity (Wildman–Crippen MR) is 97.8 cm³/mol. The molecular weight excluding hydrogens is 320 g/mol. The van der Waals surface area contributed by atoms with Gasteiger partial charge in [-0.2, -0.15) is 0 Å². The van der Waals surface area contributed by atoms with Gasteiger partial charge >= 0.3 is 0 Å². The molecule has 0 radical (unpaired) electrons. The Morgan fingerprint density at radius 3 is 2.21 bits per heavy atom. The van der Waals surface area contributed by atoms with Gasteiger partial charge in [-0.15, -0.1) is 0 Å². The van der Waals surface area contributed by atoms with E-state index in [2.05, 4.69) is 16.8 Å². The van der Waals surface area contributed by atoms with E-state index in [0.717, 1.165) is 19.6 Å². The van der Waals surface area contributed by atoms with Crippen molar-refractivity contribution in [2.45, 2.75) is 43.5 Å². The number of sulfone groups is 1. The highest BCUT2D eigenvalue weighted by atomic mass is 32.2. The van der Waals surface area contributed by atoms with E-state index in [1.54, 1.807) is 12.1 Å². The highest BCUT2D eigenvalue weighted by Gasteiger charge is 2.35. The van der Waals surface area contributed by atoms with Crippen molar-refractivity contribution >= 4 is 9.84 Å². The molecule has 0 atom stereocenters. The van der Waals surface area contributed by atoms with E-state index in [1.807, 2.05) is 12.1 Å². The number of piperidine rings is 1. The van der Waals surface area contributed by atoms with Gasteiger partial charge < -0.3 is 4.90 Å². The zero-order valence-corrected chi connectivity index (χ0v) is 15.8. The van der Waals surface area contributed by atoms with Crippen LogP contribution in [0.1, 0.15) is 37.7 Å². The van der Waals surface area contributed by atoms with Gasteiger partial charge in [0.15, 0.2) is 9.84 Å². The molecule has 134 valence electrons. The Morgan fingerprint density at radius 1 is 0.958 bits per heavy atom. The zero-order valence-electron chi connectivity index (χ0n) is 15.0. The van der Waals surface area contributed by atoms with Gasteiger partial charge in [0.1, 0.15) is 0 Å². The van der Waals surface area contributed by atoms with Crippen molar-refractivity contribution in [3.63, 3.8) is 0 Å². The Labute approximate surface area is 146 Å². The summed E-state index contributed by atoms with van der Waals surface area (Å²) in [5, 5.41) is 0. The fourth-order valence-corrected chi connectivity index (χ4v) is 4.79. The summed E-state index contributed by atoms with van der Waals surface area (Å²) >= 11 is 0. The molecule has 0 bridgehead atoms. The lowest BCUT2D eigenvalue weighted by molar-refractivity contribution is 0.104. The lowest BCUT2D eigenvalue weighted by Gasteiger charge is -2.40. The number of rotatable bonds is 3. The largest absolute Gasteiger partial charge is 0.306 e. The van der Waals surface area contributed by atoms with Crippen LogP contribution in [0.3, 0.4) is 0 Å². The summed E-state index contributed by atoms with van der Waals surface area (Å²) in [6, 6.07) is 7.40. The molecule has 0 amide bonds. The number of benzene rings is 1. The van der Waals surface area contributed by atoms with Crippen molar-refractivity contribution in [2.24, 2.45) is 5.41 Å². The molecule has 2 aliphatic rings. The van der Waals surface area contributed by atoms with E-state index in [-0.39, 0.29) is 0 Å². The first-order chi connectivity index (χ1) is 11.4. The fourth-order valence-electron chi connectivity index (χ4n) is 4.16. The second-order valence-electron chi connectivity index (χ2n) is 7.85. The molecule has 0 aromatic heterocycles. The normalized spacial score (nSPS) is 23.2. The molecule has 0 aliphatic carbocycles. The van der Waals surface area contributed by atoms with Crippen LogP contribution in [0.15, 0.2) is 29.2 Å². The van der Waals surface area contributed by atoms with Gasteiger partial charge in [0, 0.05) is 12.8 Å². The topological polar surface area (TPSA) is 40.6 Å². The highest BCUT2D eigenvalue weighted by Crippen LogP contribution is 2.41. The van der Waals surface area contributed by atoms with Gasteiger partial charge in [-0.25, -0.2) is 8.42 Å². The number of nitrogens with zero attached hydrogens (tertiary/aromatic N) is 2.